The fraction of sp³-hybridized carbons (Fsp3) is 0.500. The van der Waals surface area contributed by atoms with Gasteiger partial charge in [0.25, 0.3) is 0 Å². The van der Waals surface area contributed by atoms with Gasteiger partial charge in [-0.15, -0.1) is 0 Å². The molecule has 1 unspecified atom stereocenters. The molecule has 1 aliphatic rings. The Kier molecular flexibility index (Phi) is 3.02. The van der Waals surface area contributed by atoms with Gasteiger partial charge in [-0.3, -0.25) is 0 Å². The highest BCUT2D eigenvalue weighted by molar-refractivity contribution is 7.99. The van der Waals surface area contributed by atoms with Gasteiger partial charge >= 0.3 is 0 Å². The Morgan fingerprint density at radius 3 is 3.00 bits per heavy atom. The lowest BCUT2D eigenvalue weighted by molar-refractivity contribution is 0.597. The van der Waals surface area contributed by atoms with Crippen LogP contribution in [0.4, 0.5) is 5.69 Å². The first kappa shape index (κ1) is 9.91. The molecule has 0 saturated carbocycles. The second-order valence-electron chi connectivity index (χ2n) is 4.14. The average Bonchev–Trinajstić information content (AvgIpc) is 2.62. The lowest BCUT2D eigenvalue weighted by Crippen LogP contribution is -2.05. The molecule has 0 amide bonds. The fourth-order valence-corrected chi connectivity index (χ4v) is 3.24. The molecule has 1 saturated heterocycles. The second-order valence-corrected chi connectivity index (χ2v) is 5.29. The minimum atomic E-state index is 0.852. The monoisotopic (exact) mass is 207 g/mol. The smallest absolute Gasteiger partial charge is 0.0349 e. The van der Waals surface area contributed by atoms with E-state index in [1.54, 1.807) is 0 Å². The first-order chi connectivity index (χ1) is 6.75. The maximum absolute atomic E-state index is 5.99. The number of nitrogen functional groups attached to an aromatic ring is 1. The number of aryl methyl sites for hydroxylation is 1. The van der Waals surface area contributed by atoms with Gasteiger partial charge in [-0.1, -0.05) is 12.1 Å². The molecule has 0 aromatic heterocycles. The van der Waals surface area contributed by atoms with Crippen LogP contribution in [0.15, 0.2) is 18.2 Å². The zero-order valence-electron chi connectivity index (χ0n) is 8.62. The first-order valence-electron chi connectivity index (χ1n) is 5.18. The number of rotatable bonds is 2. The highest BCUT2D eigenvalue weighted by atomic mass is 32.2. The Balaban J connectivity index is 2.08. The van der Waals surface area contributed by atoms with E-state index in [0.29, 0.717) is 0 Å². The quantitative estimate of drug-likeness (QED) is 0.755. The molecule has 2 N–H and O–H groups in total. The molecule has 1 atom stereocenters. The Bertz CT molecular complexity index is 316. The Morgan fingerprint density at radius 2 is 2.36 bits per heavy atom. The minimum Gasteiger partial charge on any atom is -0.398 e. The van der Waals surface area contributed by atoms with Crippen molar-refractivity contribution in [2.75, 3.05) is 17.2 Å². The van der Waals surface area contributed by atoms with Gasteiger partial charge in [-0.05, 0) is 54.4 Å². The van der Waals surface area contributed by atoms with E-state index in [1.807, 2.05) is 0 Å². The van der Waals surface area contributed by atoms with Crippen LogP contribution in [0.3, 0.4) is 0 Å². The number of benzene rings is 1. The Hall–Kier alpha value is -0.630. The normalized spacial score (nSPS) is 21.4. The molecule has 0 aliphatic carbocycles. The number of hydrogen-bond donors (Lipinski definition) is 1. The molecule has 0 radical (unpaired) electrons. The zero-order chi connectivity index (χ0) is 9.97. The number of hydrogen-bond acceptors (Lipinski definition) is 2. The van der Waals surface area contributed by atoms with E-state index in [2.05, 4.69) is 36.9 Å². The molecule has 14 heavy (non-hydrogen) atoms. The molecular weight excluding hydrogens is 190 g/mol. The predicted molar refractivity (Wildman–Crippen MR) is 64.7 cm³/mol. The van der Waals surface area contributed by atoms with Crippen molar-refractivity contribution in [1.82, 2.24) is 0 Å². The summed E-state index contributed by atoms with van der Waals surface area (Å²) >= 11 is 2.07. The first-order valence-corrected chi connectivity index (χ1v) is 6.34. The van der Waals surface area contributed by atoms with Crippen molar-refractivity contribution < 1.29 is 0 Å². The predicted octanol–water partition coefficient (Wildman–Crippen LogP) is 2.87. The van der Waals surface area contributed by atoms with E-state index in [0.717, 1.165) is 11.6 Å². The van der Waals surface area contributed by atoms with Crippen LogP contribution >= 0.6 is 11.8 Å². The average molecular weight is 207 g/mol. The van der Waals surface area contributed by atoms with Gasteiger partial charge in [0.05, 0.1) is 0 Å². The fourth-order valence-electron chi connectivity index (χ4n) is 1.96. The number of nitrogens with two attached hydrogens (primary N) is 1. The molecule has 2 rings (SSSR count). The highest BCUT2D eigenvalue weighted by Gasteiger charge is 2.16. The third-order valence-corrected chi connectivity index (χ3v) is 4.07. The van der Waals surface area contributed by atoms with Gasteiger partial charge in [0.2, 0.25) is 0 Å². The van der Waals surface area contributed by atoms with Crippen LogP contribution in [-0.4, -0.2) is 11.5 Å². The van der Waals surface area contributed by atoms with Crippen LogP contribution in [0.25, 0.3) is 0 Å². The Morgan fingerprint density at radius 1 is 1.50 bits per heavy atom. The summed E-state index contributed by atoms with van der Waals surface area (Å²) in [6.07, 6.45) is 2.52. The van der Waals surface area contributed by atoms with Crippen molar-refractivity contribution in [2.24, 2.45) is 5.92 Å². The number of thioether (sulfide) groups is 1. The van der Waals surface area contributed by atoms with Gasteiger partial charge in [0.1, 0.15) is 0 Å². The van der Waals surface area contributed by atoms with Crippen LogP contribution in [0.1, 0.15) is 17.5 Å². The second kappa shape index (κ2) is 4.26. The van der Waals surface area contributed by atoms with Crippen molar-refractivity contribution in [2.45, 2.75) is 19.8 Å². The summed E-state index contributed by atoms with van der Waals surface area (Å²) in [7, 11) is 0. The van der Waals surface area contributed by atoms with E-state index < -0.39 is 0 Å². The van der Waals surface area contributed by atoms with Gasteiger partial charge < -0.3 is 5.73 Å². The van der Waals surface area contributed by atoms with Gasteiger partial charge in [-0.25, -0.2) is 0 Å². The topological polar surface area (TPSA) is 26.0 Å². The molecule has 1 aromatic rings. The van der Waals surface area contributed by atoms with Gasteiger partial charge in [-0.2, -0.15) is 11.8 Å². The van der Waals surface area contributed by atoms with Gasteiger partial charge in [0.15, 0.2) is 0 Å². The zero-order valence-corrected chi connectivity index (χ0v) is 9.44. The van der Waals surface area contributed by atoms with Crippen LogP contribution in [0, 0.1) is 12.8 Å². The molecule has 1 aliphatic heterocycles. The number of anilines is 1. The minimum absolute atomic E-state index is 0.852. The van der Waals surface area contributed by atoms with Crippen molar-refractivity contribution in [3.63, 3.8) is 0 Å². The third kappa shape index (κ3) is 2.24. The summed E-state index contributed by atoms with van der Waals surface area (Å²) < 4.78 is 0. The maximum Gasteiger partial charge on any atom is 0.0349 e. The van der Waals surface area contributed by atoms with E-state index in [9.17, 15) is 0 Å². The molecule has 1 fully saturated rings. The van der Waals surface area contributed by atoms with Crippen LogP contribution in [0.5, 0.6) is 0 Å². The summed E-state index contributed by atoms with van der Waals surface area (Å²) in [4.78, 5) is 0. The summed E-state index contributed by atoms with van der Waals surface area (Å²) in [5.41, 5.74) is 9.56. The van der Waals surface area contributed by atoms with Crippen LogP contribution in [0.2, 0.25) is 0 Å². The molecule has 2 heteroatoms. The Labute approximate surface area is 90.1 Å². The van der Waals surface area contributed by atoms with Gasteiger partial charge in [0, 0.05) is 5.69 Å². The molecule has 0 spiro atoms. The lowest BCUT2D eigenvalue weighted by Gasteiger charge is -2.11. The molecule has 1 heterocycles. The summed E-state index contributed by atoms with van der Waals surface area (Å²) in [6.45, 7) is 2.09. The van der Waals surface area contributed by atoms with E-state index in [4.69, 9.17) is 5.73 Å². The van der Waals surface area contributed by atoms with Crippen molar-refractivity contribution in [1.29, 1.82) is 0 Å². The highest BCUT2D eigenvalue weighted by Crippen LogP contribution is 2.28. The summed E-state index contributed by atoms with van der Waals surface area (Å²) in [6, 6.07) is 6.43. The van der Waals surface area contributed by atoms with Crippen molar-refractivity contribution in [3.8, 4) is 0 Å². The largest absolute Gasteiger partial charge is 0.398 e. The lowest BCUT2D eigenvalue weighted by atomic mass is 9.97. The summed E-state index contributed by atoms with van der Waals surface area (Å²) in [5.74, 6) is 3.49. The molecule has 1 nitrogen and oxygen atoms in total. The van der Waals surface area contributed by atoms with E-state index >= 15 is 0 Å². The van der Waals surface area contributed by atoms with Crippen LogP contribution in [-0.2, 0) is 6.42 Å². The molecular formula is C12H17NS. The van der Waals surface area contributed by atoms with Crippen LogP contribution < -0.4 is 5.73 Å². The van der Waals surface area contributed by atoms with E-state index in [-0.39, 0.29) is 0 Å². The molecule has 1 aromatic carbocycles. The standard InChI is InChI=1S/C12H17NS/c1-9-2-3-11(12(13)6-9)7-10-4-5-14-8-10/h2-3,6,10H,4-5,7-8,13H2,1H3. The van der Waals surface area contributed by atoms with Crippen molar-refractivity contribution in [3.05, 3.63) is 29.3 Å². The SMILES string of the molecule is Cc1ccc(CC2CCSC2)c(N)c1. The van der Waals surface area contributed by atoms with Crippen molar-refractivity contribution >= 4 is 17.4 Å². The third-order valence-electron chi connectivity index (χ3n) is 2.83. The molecule has 76 valence electrons. The summed E-state index contributed by atoms with van der Waals surface area (Å²) in [5, 5.41) is 0. The molecule has 0 bridgehead atoms. The maximum atomic E-state index is 5.99. The van der Waals surface area contributed by atoms with E-state index in [1.165, 1.54) is 35.5 Å².